The summed E-state index contributed by atoms with van der Waals surface area (Å²) in [5, 5.41) is 17.6. The number of amides is 2. The molecule has 5 nitrogen and oxygen atoms in total. The van der Waals surface area contributed by atoms with Gasteiger partial charge in [-0.15, -0.1) is 11.3 Å². The summed E-state index contributed by atoms with van der Waals surface area (Å²) in [5.41, 5.74) is 0.948. The predicted octanol–water partition coefficient (Wildman–Crippen LogP) is 1.95. The number of hydrogen-bond acceptors (Lipinski definition) is 4. The second-order valence-electron chi connectivity index (χ2n) is 7.12. The SMILES string of the molecule is CC(CNC(=O)NC(C)(CO)C1CC1)N1CCc2sccc2C1. The fraction of sp³-hybridized carbons (Fsp3) is 0.706. The molecule has 0 bridgehead atoms. The van der Waals surface area contributed by atoms with Gasteiger partial charge in [0.15, 0.2) is 0 Å². The van der Waals surface area contributed by atoms with Crippen LogP contribution < -0.4 is 10.6 Å². The second kappa shape index (κ2) is 6.79. The van der Waals surface area contributed by atoms with Gasteiger partial charge in [0, 0.05) is 30.6 Å². The molecule has 2 unspecified atom stereocenters. The van der Waals surface area contributed by atoms with E-state index in [-0.39, 0.29) is 12.6 Å². The van der Waals surface area contributed by atoms with Crippen molar-refractivity contribution in [1.29, 1.82) is 0 Å². The van der Waals surface area contributed by atoms with Crippen LogP contribution in [-0.4, -0.2) is 47.3 Å². The van der Waals surface area contributed by atoms with Crippen molar-refractivity contribution in [3.8, 4) is 0 Å². The third-order valence-corrected chi connectivity index (χ3v) is 6.25. The highest BCUT2D eigenvalue weighted by Gasteiger charge is 2.42. The van der Waals surface area contributed by atoms with Crippen molar-refractivity contribution in [3.63, 3.8) is 0 Å². The normalized spacial score (nSPS) is 22.0. The van der Waals surface area contributed by atoms with Crippen molar-refractivity contribution in [2.75, 3.05) is 19.7 Å². The lowest BCUT2D eigenvalue weighted by Crippen LogP contribution is -2.55. The number of nitrogens with zero attached hydrogens (tertiary/aromatic N) is 1. The molecule has 0 radical (unpaired) electrons. The fourth-order valence-corrected chi connectivity index (χ4v) is 4.20. The van der Waals surface area contributed by atoms with Crippen molar-refractivity contribution < 1.29 is 9.90 Å². The van der Waals surface area contributed by atoms with E-state index in [0.717, 1.165) is 32.4 Å². The first kappa shape index (κ1) is 16.7. The highest BCUT2D eigenvalue weighted by molar-refractivity contribution is 7.10. The van der Waals surface area contributed by atoms with E-state index in [1.54, 1.807) is 0 Å². The first-order valence-corrected chi connectivity index (χ1v) is 9.36. The van der Waals surface area contributed by atoms with Crippen LogP contribution in [0.3, 0.4) is 0 Å². The third-order valence-electron chi connectivity index (χ3n) is 5.22. The zero-order valence-corrected chi connectivity index (χ0v) is 14.8. The van der Waals surface area contributed by atoms with Crippen molar-refractivity contribution in [2.45, 2.75) is 51.2 Å². The summed E-state index contributed by atoms with van der Waals surface area (Å²) >= 11 is 1.84. The Balaban J connectivity index is 1.45. The minimum atomic E-state index is -0.482. The molecule has 2 atom stereocenters. The van der Waals surface area contributed by atoms with E-state index >= 15 is 0 Å². The third kappa shape index (κ3) is 3.87. The molecule has 0 spiro atoms. The molecule has 0 saturated heterocycles. The number of fused-ring (bicyclic) bond motifs is 1. The Morgan fingerprint density at radius 1 is 1.57 bits per heavy atom. The molecular formula is C17H27N3O2S. The zero-order chi connectivity index (χ0) is 16.4. The van der Waals surface area contributed by atoms with Crippen molar-refractivity contribution in [1.82, 2.24) is 15.5 Å². The van der Waals surface area contributed by atoms with Crippen LogP contribution in [0.1, 0.15) is 37.1 Å². The van der Waals surface area contributed by atoms with Gasteiger partial charge in [0.25, 0.3) is 0 Å². The van der Waals surface area contributed by atoms with E-state index in [4.69, 9.17) is 0 Å². The van der Waals surface area contributed by atoms with Crippen LogP contribution in [0.15, 0.2) is 11.4 Å². The second-order valence-corrected chi connectivity index (χ2v) is 8.12. The van der Waals surface area contributed by atoms with Crippen LogP contribution >= 0.6 is 11.3 Å². The van der Waals surface area contributed by atoms with Gasteiger partial charge in [-0.05, 0) is 56.0 Å². The first-order valence-electron chi connectivity index (χ1n) is 8.48. The predicted molar refractivity (Wildman–Crippen MR) is 92.6 cm³/mol. The largest absolute Gasteiger partial charge is 0.394 e. The van der Waals surface area contributed by atoms with Crippen LogP contribution in [-0.2, 0) is 13.0 Å². The molecule has 23 heavy (non-hydrogen) atoms. The van der Waals surface area contributed by atoms with Gasteiger partial charge in [-0.3, -0.25) is 4.90 Å². The van der Waals surface area contributed by atoms with Gasteiger partial charge in [-0.25, -0.2) is 4.79 Å². The number of rotatable bonds is 6. The number of hydrogen-bond donors (Lipinski definition) is 3. The smallest absolute Gasteiger partial charge is 0.315 e. The number of carbonyl (C=O) groups is 1. The molecule has 6 heteroatoms. The summed E-state index contributed by atoms with van der Waals surface area (Å²) < 4.78 is 0. The average molecular weight is 337 g/mol. The Kier molecular flexibility index (Phi) is 4.94. The summed E-state index contributed by atoms with van der Waals surface area (Å²) in [6.45, 7) is 6.72. The van der Waals surface area contributed by atoms with Crippen molar-refractivity contribution >= 4 is 17.4 Å². The van der Waals surface area contributed by atoms with E-state index in [0.29, 0.717) is 18.5 Å². The number of thiophene rings is 1. The Morgan fingerprint density at radius 2 is 2.35 bits per heavy atom. The van der Waals surface area contributed by atoms with E-state index < -0.39 is 5.54 Å². The van der Waals surface area contributed by atoms with Crippen LogP contribution in [0.4, 0.5) is 4.79 Å². The standard InChI is InChI=1S/C17H27N3O2S/c1-12(20-7-5-15-13(10-20)6-8-23-15)9-18-16(22)19-17(2,11-21)14-3-4-14/h6,8,12,14,21H,3-5,7,9-11H2,1-2H3,(H2,18,19,22). The lowest BCUT2D eigenvalue weighted by atomic mass is 9.97. The summed E-state index contributed by atoms with van der Waals surface area (Å²) in [6.07, 6.45) is 3.28. The highest BCUT2D eigenvalue weighted by atomic mass is 32.1. The molecule has 1 aromatic heterocycles. The van der Waals surface area contributed by atoms with Crippen LogP contribution in [0.2, 0.25) is 0 Å². The summed E-state index contributed by atoms with van der Waals surface area (Å²) in [6, 6.07) is 2.34. The Bertz CT molecular complexity index is 558. The summed E-state index contributed by atoms with van der Waals surface area (Å²) in [4.78, 5) is 16.1. The highest BCUT2D eigenvalue weighted by Crippen LogP contribution is 2.39. The molecule has 128 valence electrons. The van der Waals surface area contributed by atoms with Crippen LogP contribution in [0, 0.1) is 5.92 Å². The molecule has 2 amide bonds. The molecule has 1 aromatic rings. The van der Waals surface area contributed by atoms with E-state index in [9.17, 15) is 9.90 Å². The molecule has 3 N–H and O–H groups in total. The van der Waals surface area contributed by atoms with Gasteiger partial charge in [0.05, 0.1) is 12.1 Å². The molecule has 1 fully saturated rings. The topological polar surface area (TPSA) is 64.6 Å². The monoisotopic (exact) mass is 337 g/mol. The van der Waals surface area contributed by atoms with Crippen LogP contribution in [0.25, 0.3) is 0 Å². The maximum atomic E-state index is 12.1. The molecule has 0 aromatic carbocycles. The number of urea groups is 1. The van der Waals surface area contributed by atoms with Gasteiger partial charge in [-0.1, -0.05) is 0 Å². The number of nitrogens with one attached hydrogen (secondary N) is 2. The molecule has 1 aliphatic heterocycles. The number of aliphatic hydroxyl groups excluding tert-OH is 1. The first-order chi connectivity index (χ1) is 11.0. The molecule has 2 aliphatic rings. The molecule has 1 saturated carbocycles. The Hall–Kier alpha value is -1.11. The minimum Gasteiger partial charge on any atom is -0.394 e. The van der Waals surface area contributed by atoms with Gasteiger partial charge < -0.3 is 15.7 Å². The average Bonchev–Trinajstić information content (AvgIpc) is 3.31. The number of aliphatic hydroxyl groups is 1. The summed E-state index contributed by atoms with van der Waals surface area (Å²) in [5.74, 6) is 0.412. The van der Waals surface area contributed by atoms with Gasteiger partial charge in [0.2, 0.25) is 0 Å². The lowest BCUT2D eigenvalue weighted by Gasteiger charge is -2.33. The molecule has 3 rings (SSSR count). The Morgan fingerprint density at radius 3 is 3.04 bits per heavy atom. The maximum Gasteiger partial charge on any atom is 0.315 e. The van der Waals surface area contributed by atoms with E-state index in [1.165, 1.54) is 10.4 Å². The summed E-state index contributed by atoms with van der Waals surface area (Å²) in [7, 11) is 0. The van der Waals surface area contributed by atoms with Gasteiger partial charge >= 0.3 is 6.03 Å². The van der Waals surface area contributed by atoms with E-state index in [2.05, 4.69) is 33.9 Å². The molecular weight excluding hydrogens is 310 g/mol. The lowest BCUT2D eigenvalue weighted by molar-refractivity contribution is 0.151. The van der Waals surface area contributed by atoms with Crippen molar-refractivity contribution in [2.24, 2.45) is 5.92 Å². The quantitative estimate of drug-likeness (QED) is 0.743. The Labute approximate surface area is 142 Å². The maximum absolute atomic E-state index is 12.1. The van der Waals surface area contributed by atoms with Gasteiger partial charge in [0.1, 0.15) is 0 Å². The van der Waals surface area contributed by atoms with Gasteiger partial charge in [-0.2, -0.15) is 0 Å². The molecule has 1 aliphatic carbocycles. The van der Waals surface area contributed by atoms with Crippen LogP contribution in [0.5, 0.6) is 0 Å². The minimum absolute atomic E-state index is 0.00625. The van der Waals surface area contributed by atoms with E-state index in [1.807, 2.05) is 18.3 Å². The number of carbonyl (C=O) groups excluding carboxylic acids is 1. The zero-order valence-electron chi connectivity index (χ0n) is 14.0. The molecule has 2 heterocycles. The fourth-order valence-electron chi connectivity index (χ4n) is 3.31. The van der Waals surface area contributed by atoms with Crippen molar-refractivity contribution in [3.05, 3.63) is 21.9 Å².